The summed E-state index contributed by atoms with van der Waals surface area (Å²) < 4.78 is 0. The first-order chi connectivity index (χ1) is 6.29. The maximum Gasteiger partial charge on any atom is 0.381 e. The fraction of sp³-hybridized carbons (Fsp3) is 0.727. The summed E-state index contributed by atoms with van der Waals surface area (Å²) >= 11 is 0. The Labute approximate surface area is 79.3 Å². The van der Waals surface area contributed by atoms with E-state index < -0.39 is 5.97 Å². The highest BCUT2D eigenvalue weighted by atomic mass is 16.4. The minimum absolute atomic E-state index is 0.747. The van der Waals surface area contributed by atoms with Crippen molar-refractivity contribution in [2.24, 2.45) is 5.92 Å². The van der Waals surface area contributed by atoms with Crippen LogP contribution in [-0.2, 0) is 4.79 Å². The van der Waals surface area contributed by atoms with E-state index >= 15 is 0 Å². The Bertz CT molecular complexity index is 216. The molecule has 1 saturated carbocycles. The minimum atomic E-state index is -1.01. The van der Waals surface area contributed by atoms with Crippen molar-refractivity contribution in [2.75, 3.05) is 0 Å². The first kappa shape index (κ1) is 10.1. The molecule has 0 aliphatic heterocycles. The number of aliphatic carboxylic acids is 1. The van der Waals surface area contributed by atoms with Gasteiger partial charge in [0, 0.05) is 12.3 Å². The van der Waals surface area contributed by atoms with Crippen molar-refractivity contribution in [1.29, 1.82) is 0 Å². The Morgan fingerprint density at radius 2 is 2.00 bits per heavy atom. The minimum Gasteiger partial charge on any atom is -0.472 e. The summed E-state index contributed by atoms with van der Waals surface area (Å²) in [5.41, 5.74) is 0. The van der Waals surface area contributed by atoms with E-state index in [1.807, 2.05) is 0 Å². The lowest BCUT2D eigenvalue weighted by molar-refractivity contribution is -0.130. The highest BCUT2D eigenvalue weighted by molar-refractivity contribution is 5.86. The van der Waals surface area contributed by atoms with Gasteiger partial charge in [-0.1, -0.05) is 38.0 Å². The first-order valence-corrected chi connectivity index (χ1v) is 5.01. The van der Waals surface area contributed by atoms with Crippen LogP contribution in [0.2, 0.25) is 0 Å². The van der Waals surface area contributed by atoms with Gasteiger partial charge in [-0.3, -0.25) is 0 Å². The molecule has 0 spiro atoms. The summed E-state index contributed by atoms with van der Waals surface area (Å²) in [6.07, 6.45) is 8.52. The van der Waals surface area contributed by atoms with Crippen LogP contribution in [0.5, 0.6) is 0 Å². The third kappa shape index (κ3) is 4.57. The summed E-state index contributed by atoms with van der Waals surface area (Å²) in [6, 6.07) is 0. The van der Waals surface area contributed by atoms with Crippen molar-refractivity contribution in [3.05, 3.63) is 0 Å². The Morgan fingerprint density at radius 3 is 2.62 bits per heavy atom. The topological polar surface area (TPSA) is 37.3 Å². The quantitative estimate of drug-likeness (QED) is 0.663. The van der Waals surface area contributed by atoms with E-state index in [0.717, 1.165) is 18.8 Å². The zero-order valence-corrected chi connectivity index (χ0v) is 7.88. The first-order valence-electron chi connectivity index (χ1n) is 5.01. The summed E-state index contributed by atoms with van der Waals surface area (Å²) in [6.45, 7) is 0. The predicted molar refractivity (Wildman–Crippen MR) is 51.2 cm³/mol. The van der Waals surface area contributed by atoms with Gasteiger partial charge < -0.3 is 5.11 Å². The molecule has 2 heteroatoms. The number of hydrogen-bond acceptors (Lipinski definition) is 1. The van der Waals surface area contributed by atoms with E-state index in [1.165, 1.54) is 32.1 Å². The van der Waals surface area contributed by atoms with Crippen LogP contribution in [0.1, 0.15) is 44.9 Å². The Morgan fingerprint density at radius 1 is 1.31 bits per heavy atom. The largest absolute Gasteiger partial charge is 0.472 e. The molecule has 1 rings (SSSR count). The van der Waals surface area contributed by atoms with E-state index in [-0.39, 0.29) is 0 Å². The molecule has 13 heavy (non-hydrogen) atoms. The van der Waals surface area contributed by atoms with Gasteiger partial charge in [0.25, 0.3) is 0 Å². The number of hydrogen-bond donors (Lipinski definition) is 1. The van der Waals surface area contributed by atoms with Crippen molar-refractivity contribution in [3.8, 4) is 11.8 Å². The van der Waals surface area contributed by atoms with Crippen molar-refractivity contribution in [1.82, 2.24) is 0 Å². The molecule has 0 aromatic heterocycles. The molecule has 2 nitrogen and oxygen atoms in total. The van der Waals surface area contributed by atoms with Crippen molar-refractivity contribution in [2.45, 2.75) is 44.9 Å². The lowest BCUT2D eigenvalue weighted by Gasteiger charge is -2.20. The molecule has 0 heterocycles. The van der Waals surface area contributed by atoms with Gasteiger partial charge in [0.1, 0.15) is 0 Å². The van der Waals surface area contributed by atoms with Crippen LogP contribution in [0.3, 0.4) is 0 Å². The lowest BCUT2D eigenvalue weighted by Crippen LogP contribution is -2.05. The summed E-state index contributed by atoms with van der Waals surface area (Å²) in [4.78, 5) is 10.1. The smallest absolute Gasteiger partial charge is 0.381 e. The molecule has 0 aromatic carbocycles. The van der Waals surface area contributed by atoms with E-state index in [2.05, 4.69) is 11.8 Å². The molecular formula is C11H16O2. The lowest BCUT2D eigenvalue weighted by atomic mass is 9.86. The molecule has 0 aromatic rings. The van der Waals surface area contributed by atoms with Crippen LogP contribution < -0.4 is 0 Å². The van der Waals surface area contributed by atoms with Gasteiger partial charge in [0.15, 0.2) is 0 Å². The molecule has 1 N–H and O–H groups in total. The highest BCUT2D eigenvalue weighted by Gasteiger charge is 2.11. The SMILES string of the molecule is O=C(O)C#CCCC1CCCCC1. The second-order valence-corrected chi connectivity index (χ2v) is 3.65. The fourth-order valence-corrected chi connectivity index (χ4v) is 1.89. The van der Waals surface area contributed by atoms with E-state index in [1.54, 1.807) is 0 Å². The van der Waals surface area contributed by atoms with Gasteiger partial charge in [-0.15, -0.1) is 0 Å². The molecule has 1 fully saturated rings. The maximum absolute atomic E-state index is 10.1. The van der Waals surface area contributed by atoms with Crippen LogP contribution in [0.4, 0.5) is 0 Å². The van der Waals surface area contributed by atoms with Crippen molar-refractivity contribution in [3.63, 3.8) is 0 Å². The third-order valence-electron chi connectivity index (χ3n) is 2.60. The molecule has 0 amide bonds. The Kier molecular flexibility index (Phi) is 4.39. The molecule has 1 aliphatic rings. The third-order valence-corrected chi connectivity index (χ3v) is 2.60. The van der Waals surface area contributed by atoms with Crippen molar-refractivity contribution < 1.29 is 9.90 Å². The van der Waals surface area contributed by atoms with Crippen molar-refractivity contribution >= 4 is 5.97 Å². The van der Waals surface area contributed by atoms with Crippen LogP contribution in [-0.4, -0.2) is 11.1 Å². The van der Waals surface area contributed by atoms with E-state index in [9.17, 15) is 4.79 Å². The van der Waals surface area contributed by atoms with Crippen LogP contribution in [0.25, 0.3) is 0 Å². The van der Waals surface area contributed by atoms with E-state index in [0.29, 0.717) is 0 Å². The average molecular weight is 180 g/mol. The van der Waals surface area contributed by atoms with Crippen LogP contribution in [0.15, 0.2) is 0 Å². The molecular weight excluding hydrogens is 164 g/mol. The molecule has 72 valence electrons. The van der Waals surface area contributed by atoms with Crippen LogP contribution in [0, 0.1) is 17.8 Å². The van der Waals surface area contributed by atoms with Gasteiger partial charge in [0.05, 0.1) is 0 Å². The standard InChI is InChI=1S/C11H16O2/c12-11(13)9-5-4-8-10-6-2-1-3-7-10/h10H,1-4,6-8H2,(H,12,13). The second kappa shape index (κ2) is 5.64. The highest BCUT2D eigenvalue weighted by Crippen LogP contribution is 2.26. The van der Waals surface area contributed by atoms with Gasteiger partial charge in [-0.25, -0.2) is 4.79 Å². The molecule has 0 atom stereocenters. The normalized spacial score (nSPS) is 17.5. The zero-order valence-electron chi connectivity index (χ0n) is 7.88. The average Bonchev–Trinajstić information content (AvgIpc) is 2.14. The predicted octanol–water partition coefficient (Wildman–Crippen LogP) is 2.43. The number of rotatable bonds is 2. The van der Waals surface area contributed by atoms with E-state index in [4.69, 9.17) is 5.11 Å². The van der Waals surface area contributed by atoms with Gasteiger partial charge in [-0.2, -0.15) is 0 Å². The van der Waals surface area contributed by atoms with Crippen LogP contribution >= 0.6 is 0 Å². The molecule has 0 radical (unpaired) electrons. The molecule has 0 unspecified atom stereocenters. The summed E-state index contributed by atoms with van der Waals surface area (Å²) in [5, 5.41) is 8.28. The number of carboxylic acids is 1. The maximum atomic E-state index is 10.1. The van der Waals surface area contributed by atoms with Gasteiger partial charge >= 0.3 is 5.97 Å². The summed E-state index contributed by atoms with van der Waals surface area (Å²) in [7, 11) is 0. The van der Waals surface area contributed by atoms with Gasteiger partial charge in [-0.05, 0) is 12.3 Å². The fourth-order valence-electron chi connectivity index (χ4n) is 1.89. The molecule has 0 saturated heterocycles. The monoisotopic (exact) mass is 180 g/mol. The number of carbonyl (C=O) groups is 1. The zero-order chi connectivity index (χ0) is 9.52. The molecule has 0 bridgehead atoms. The second-order valence-electron chi connectivity index (χ2n) is 3.65. The number of carboxylic acid groups (broad SMARTS) is 1. The Balaban J connectivity index is 2.12. The summed E-state index contributed by atoms with van der Waals surface area (Å²) in [5.74, 6) is 4.63. The van der Waals surface area contributed by atoms with Gasteiger partial charge in [0.2, 0.25) is 0 Å². The Hall–Kier alpha value is -0.970. The molecule has 1 aliphatic carbocycles.